The van der Waals surface area contributed by atoms with E-state index in [0.717, 1.165) is 5.56 Å². The number of alkyl halides is 1. The van der Waals surface area contributed by atoms with Crippen LogP contribution in [0.2, 0.25) is 0 Å². The topological polar surface area (TPSA) is 46.6 Å². The number of carbonyl (C=O) groups excluding carboxylic acids is 2. The first-order valence-corrected chi connectivity index (χ1v) is 6.93. The molecular weight excluding hydrogens is 310 g/mol. The Balaban J connectivity index is 2.52. The highest BCUT2D eigenvalue weighted by Crippen LogP contribution is 2.04. The number of halogens is 1. The maximum atomic E-state index is 11.8. The summed E-state index contributed by atoms with van der Waals surface area (Å²) in [4.78, 5) is 24.5. The molecule has 1 aromatic carbocycles. The lowest BCUT2D eigenvalue weighted by Gasteiger charge is -2.19. The quantitative estimate of drug-likeness (QED) is 0.572. The van der Waals surface area contributed by atoms with Gasteiger partial charge >= 0.3 is 6.09 Å². The molecule has 0 fully saturated rings. The van der Waals surface area contributed by atoms with Crippen molar-refractivity contribution in [3.05, 3.63) is 48.6 Å². The van der Waals surface area contributed by atoms with Crippen molar-refractivity contribution in [1.29, 1.82) is 0 Å². The number of hydrogen-bond donors (Lipinski definition) is 0. The van der Waals surface area contributed by atoms with Crippen LogP contribution < -0.4 is 0 Å². The van der Waals surface area contributed by atoms with Crippen LogP contribution in [-0.4, -0.2) is 35.2 Å². The third-order valence-corrected chi connectivity index (χ3v) is 2.95. The van der Waals surface area contributed by atoms with Gasteiger partial charge in [-0.25, -0.2) is 4.79 Å². The second-order valence-electron chi connectivity index (χ2n) is 3.88. The van der Waals surface area contributed by atoms with Crippen LogP contribution in [0, 0.1) is 0 Å². The van der Waals surface area contributed by atoms with Gasteiger partial charge in [-0.1, -0.05) is 52.3 Å². The Hall–Kier alpha value is -1.62. The van der Waals surface area contributed by atoms with Gasteiger partial charge in [-0.2, -0.15) is 0 Å². The number of Topliss-reactive ketones (excluding diaryl/α,β-unsaturated/α-hetero) is 1. The average molecular weight is 326 g/mol. The zero-order valence-electron chi connectivity index (χ0n) is 10.5. The van der Waals surface area contributed by atoms with Gasteiger partial charge in [0.2, 0.25) is 0 Å². The highest BCUT2D eigenvalue weighted by molar-refractivity contribution is 9.09. The minimum absolute atomic E-state index is 0.0187. The van der Waals surface area contributed by atoms with Gasteiger partial charge in [-0.3, -0.25) is 9.69 Å². The predicted octanol–water partition coefficient (Wildman–Crippen LogP) is 2.78. The van der Waals surface area contributed by atoms with Crippen molar-refractivity contribution in [2.45, 2.75) is 6.61 Å². The first-order valence-electron chi connectivity index (χ1n) is 5.81. The van der Waals surface area contributed by atoms with Gasteiger partial charge in [-0.05, 0) is 5.56 Å². The summed E-state index contributed by atoms with van der Waals surface area (Å²) < 4.78 is 5.16. The normalized spacial score (nSPS) is 9.74. The Bertz CT molecular complexity index is 434. The molecule has 1 rings (SSSR count). The van der Waals surface area contributed by atoms with Crippen LogP contribution in [0.25, 0.3) is 0 Å². The van der Waals surface area contributed by atoms with Crippen LogP contribution >= 0.6 is 15.9 Å². The van der Waals surface area contributed by atoms with E-state index >= 15 is 0 Å². The summed E-state index contributed by atoms with van der Waals surface area (Å²) in [6.07, 6.45) is 1.05. The van der Waals surface area contributed by atoms with E-state index in [0.29, 0.717) is 0 Å². The molecule has 5 heteroatoms. The lowest BCUT2D eigenvalue weighted by molar-refractivity contribution is -0.117. The minimum Gasteiger partial charge on any atom is -0.445 e. The Morgan fingerprint density at radius 2 is 2.00 bits per heavy atom. The second kappa shape index (κ2) is 8.48. The third-order valence-electron chi connectivity index (χ3n) is 2.33. The van der Waals surface area contributed by atoms with Crippen molar-refractivity contribution < 1.29 is 14.3 Å². The van der Waals surface area contributed by atoms with Crippen molar-refractivity contribution in [3.63, 3.8) is 0 Å². The standard InChI is InChI=1S/C14H16BrNO3/c1-2-8-16(10-13(17)9-15)14(18)19-11-12-6-4-3-5-7-12/h2-7H,1,8-11H2. The SMILES string of the molecule is C=CCN(CC(=O)CBr)C(=O)OCc1ccccc1. The van der Waals surface area contributed by atoms with Gasteiger partial charge in [0, 0.05) is 6.54 Å². The van der Waals surface area contributed by atoms with E-state index in [1.165, 1.54) is 4.90 Å². The first kappa shape index (κ1) is 15.4. The fraction of sp³-hybridized carbons (Fsp3) is 0.286. The summed E-state index contributed by atoms with van der Waals surface area (Å²) >= 11 is 3.07. The molecule has 0 aliphatic carbocycles. The van der Waals surface area contributed by atoms with E-state index in [1.807, 2.05) is 30.3 Å². The van der Waals surface area contributed by atoms with E-state index in [-0.39, 0.29) is 30.8 Å². The van der Waals surface area contributed by atoms with Gasteiger partial charge in [-0.15, -0.1) is 6.58 Å². The summed E-state index contributed by atoms with van der Waals surface area (Å²) in [7, 11) is 0. The van der Waals surface area contributed by atoms with Crippen LogP contribution in [0.5, 0.6) is 0 Å². The van der Waals surface area contributed by atoms with Crippen LogP contribution in [0.15, 0.2) is 43.0 Å². The first-order chi connectivity index (χ1) is 9.17. The van der Waals surface area contributed by atoms with Crippen molar-refractivity contribution in [2.75, 3.05) is 18.4 Å². The molecule has 0 aliphatic heterocycles. The molecule has 0 saturated carbocycles. The molecule has 0 radical (unpaired) electrons. The number of ketones is 1. The van der Waals surface area contributed by atoms with Crippen molar-refractivity contribution in [3.8, 4) is 0 Å². The summed E-state index contributed by atoms with van der Waals surface area (Å²) in [5.74, 6) is -0.0847. The molecule has 102 valence electrons. The maximum absolute atomic E-state index is 11.8. The number of nitrogens with zero attached hydrogens (tertiary/aromatic N) is 1. The zero-order chi connectivity index (χ0) is 14.1. The van der Waals surface area contributed by atoms with Crippen LogP contribution in [-0.2, 0) is 16.1 Å². The third kappa shape index (κ3) is 5.70. The summed E-state index contributed by atoms with van der Waals surface area (Å²) in [5, 5.41) is 0.215. The number of ether oxygens (including phenoxy) is 1. The molecule has 1 amide bonds. The summed E-state index contributed by atoms with van der Waals surface area (Å²) in [6, 6.07) is 9.38. The molecule has 0 unspecified atom stereocenters. The van der Waals surface area contributed by atoms with Crippen LogP contribution in [0.4, 0.5) is 4.79 Å². The largest absolute Gasteiger partial charge is 0.445 e. The molecule has 4 nitrogen and oxygen atoms in total. The smallest absolute Gasteiger partial charge is 0.410 e. The molecule has 0 saturated heterocycles. The number of amides is 1. The molecule has 0 bridgehead atoms. The lowest BCUT2D eigenvalue weighted by Crippen LogP contribution is -2.36. The number of rotatable bonds is 7. The summed E-state index contributed by atoms with van der Waals surface area (Å²) in [5.41, 5.74) is 0.904. The fourth-order valence-corrected chi connectivity index (χ4v) is 1.60. The highest BCUT2D eigenvalue weighted by Gasteiger charge is 2.16. The highest BCUT2D eigenvalue weighted by atomic mass is 79.9. The van der Waals surface area contributed by atoms with E-state index < -0.39 is 6.09 Å². The monoisotopic (exact) mass is 325 g/mol. The number of hydrogen-bond acceptors (Lipinski definition) is 3. The molecule has 0 aromatic heterocycles. The maximum Gasteiger partial charge on any atom is 0.410 e. The molecule has 19 heavy (non-hydrogen) atoms. The number of benzene rings is 1. The predicted molar refractivity (Wildman–Crippen MR) is 77.2 cm³/mol. The molecule has 1 aromatic rings. The lowest BCUT2D eigenvalue weighted by atomic mass is 10.2. The van der Waals surface area contributed by atoms with Gasteiger partial charge in [0.05, 0.1) is 11.9 Å². The van der Waals surface area contributed by atoms with Crippen LogP contribution in [0.3, 0.4) is 0 Å². The number of carbonyl (C=O) groups is 2. The minimum atomic E-state index is -0.516. The molecule has 0 atom stereocenters. The Kier molecular flexibility index (Phi) is 6.89. The van der Waals surface area contributed by atoms with E-state index in [4.69, 9.17) is 4.74 Å². The average Bonchev–Trinajstić information content (AvgIpc) is 2.45. The van der Waals surface area contributed by atoms with E-state index in [9.17, 15) is 9.59 Å². The van der Waals surface area contributed by atoms with E-state index in [1.54, 1.807) is 6.08 Å². The van der Waals surface area contributed by atoms with Crippen molar-refractivity contribution in [1.82, 2.24) is 4.90 Å². The van der Waals surface area contributed by atoms with Gasteiger partial charge in [0.25, 0.3) is 0 Å². The second-order valence-corrected chi connectivity index (χ2v) is 4.44. The fourth-order valence-electron chi connectivity index (χ4n) is 1.43. The Labute approximate surface area is 121 Å². The van der Waals surface area contributed by atoms with Crippen LogP contribution in [0.1, 0.15) is 5.56 Å². The Morgan fingerprint density at radius 1 is 1.32 bits per heavy atom. The van der Waals surface area contributed by atoms with Gasteiger partial charge < -0.3 is 4.74 Å². The zero-order valence-corrected chi connectivity index (χ0v) is 12.1. The molecular formula is C14H16BrNO3. The Morgan fingerprint density at radius 3 is 2.58 bits per heavy atom. The molecule has 0 N–H and O–H groups in total. The van der Waals surface area contributed by atoms with Crippen molar-refractivity contribution >= 4 is 27.8 Å². The van der Waals surface area contributed by atoms with Gasteiger partial charge in [0.1, 0.15) is 6.61 Å². The summed E-state index contributed by atoms with van der Waals surface area (Å²) in [6.45, 7) is 4.05. The van der Waals surface area contributed by atoms with E-state index in [2.05, 4.69) is 22.5 Å². The molecule has 0 spiro atoms. The van der Waals surface area contributed by atoms with Gasteiger partial charge in [0.15, 0.2) is 5.78 Å². The van der Waals surface area contributed by atoms with Crippen molar-refractivity contribution in [2.24, 2.45) is 0 Å². The molecule has 0 aliphatic rings. The molecule has 0 heterocycles.